The molecule has 6 heteroatoms. The van der Waals surface area contributed by atoms with E-state index in [1.807, 2.05) is 66.7 Å². The fraction of sp³-hybridized carbons (Fsp3) is 0.226. The number of benzene rings is 3. The van der Waals surface area contributed by atoms with Gasteiger partial charge < -0.3 is 15.0 Å². The number of aliphatic hydroxyl groups is 1. The Bertz CT molecular complexity index is 1450. The molecule has 1 saturated heterocycles. The number of aliphatic hydroxyl groups excluding tert-OH is 1. The average molecular weight is 492 g/mol. The lowest BCUT2D eigenvalue weighted by molar-refractivity contribution is -0.122. The van der Waals surface area contributed by atoms with Gasteiger partial charge in [-0.05, 0) is 34.9 Å². The quantitative estimate of drug-likeness (QED) is 0.421. The van der Waals surface area contributed by atoms with Crippen LogP contribution >= 0.6 is 0 Å². The first kappa shape index (κ1) is 23.4. The second kappa shape index (κ2) is 9.81. The molecule has 0 aliphatic carbocycles. The molecule has 4 atom stereocenters. The first-order chi connectivity index (χ1) is 18.1. The van der Waals surface area contributed by atoms with Crippen molar-refractivity contribution in [3.05, 3.63) is 125 Å². The van der Waals surface area contributed by atoms with E-state index < -0.39 is 5.92 Å². The smallest absolute Gasteiger partial charge is 0.250 e. The van der Waals surface area contributed by atoms with Crippen molar-refractivity contribution in [3.63, 3.8) is 0 Å². The van der Waals surface area contributed by atoms with Crippen LogP contribution in [0, 0.1) is 11.8 Å². The van der Waals surface area contributed by atoms with E-state index in [0.717, 1.165) is 22.4 Å². The van der Waals surface area contributed by atoms with Gasteiger partial charge in [0.2, 0.25) is 5.91 Å². The van der Waals surface area contributed by atoms with Gasteiger partial charge in [0.05, 0.1) is 12.0 Å². The Morgan fingerprint density at radius 2 is 1.51 bits per heavy atom. The van der Waals surface area contributed by atoms with Gasteiger partial charge in [0.15, 0.2) is 0 Å². The molecule has 4 aromatic rings. The van der Waals surface area contributed by atoms with Crippen LogP contribution < -0.4 is 10.9 Å². The number of nitrogens with one attached hydrogen (secondary N) is 1. The fourth-order valence-electron chi connectivity index (χ4n) is 6.09. The molecule has 6 nitrogen and oxygen atoms in total. The van der Waals surface area contributed by atoms with Gasteiger partial charge in [-0.1, -0.05) is 78.9 Å². The SMILES string of the molecule is O=C(Nc1ccc(-c2ccccc2)cc1)[C@H]1[C@H](CO)[C@H]2Cn3c(cccc3=O)[C@@H]1N2Cc1ccccc1. The Balaban J connectivity index is 1.33. The van der Waals surface area contributed by atoms with Gasteiger partial charge in [0, 0.05) is 49.1 Å². The number of aromatic nitrogens is 1. The molecule has 2 aliphatic heterocycles. The maximum Gasteiger partial charge on any atom is 0.250 e. The predicted octanol–water partition coefficient (Wildman–Crippen LogP) is 4.32. The number of pyridine rings is 1. The molecule has 186 valence electrons. The lowest BCUT2D eigenvalue weighted by Crippen LogP contribution is -2.45. The zero-order valence-corrected chi connectivity index (χ0v) is 20.4. The summed E-state index contributed by atoms with van der Waals surface area (Å²) >= 11 is 0. The normalized spacial score (nSPS) is 22.4. The Labute approximate surface area is 215 Å². The van der Waals surface area contributed by atoms with Gasteiger partial charge in [-0.25, -0.2) is 0 Å². The number of rotatable bonds is 6. The Morgan fingerprint density at radius 3 is 2.22 bits per heavy atom. The molecule has 2 aliphatic rings. The maximum absolute atomic E-state index is 13.8. The van der Waals surface area contributed by atoms with Crippen LogP contribution in [0.2, 0.25) is 0 Å². The van der Waals surface area contributed by atoms with Crippen LogP contribution in [0.25, 0.3) is 11.1 Å². The first-order valence-corrected chi connectivity index (χ1v) is 12.7. The molecule has 1 fully saturated rings. The summed E-state index contributed by atoms with van der Waals surface area (Å²) in [6.07, 6.45) is 0. The van der Waals surface area contributed by atoms with Gasteiger partial charge in [0.25, 0.3) is 5.56 Å². The summed E-state index contributed by atoms with van der Waals surface area (Å²) in [6, 6.07) is 32.9. The van der Waals surface area contributed by atoms with Crippen LogP contribution in [0.15, 0.2) is 108 Å². The molecule has 0 unspecified atom stereocenters. The number of hydrogen-bond donors (Lipinski definition) is 2. The van der Waals surface area contributed by atoms with Crippen molar-refractivity contribution in [3.8, 4) is 11.1 Å². The summed E-state index contributed by atoms with van der Waals surface area (Å²) in [5.74, 6) is -0.929. The number of fused-ring (bicyclic) bond motifs is 4. The van der Waals surface area contributed by atoms with E-state index in [-0.39, 0.29) is 36.1 Å². The van der Waals surface area contributed by atoms with E-state index >= 15 is 0 Å². The summed E-state index contributed by atoms with van der Waals surface area (Å²) in [7, 11) is 0. The second-order valence-electron chi connectivity index (χ2n) is 9.87. The number of hydrogen-bond acceptors (Lipinski definition) is 4. The fourth-order valence-corrected chi connectivity index (χ4v) is 6.09. The van der Waals surface area contributed by atoms with E-state index in [2.05, 4.69) is 34.5 Å². The van der Waals surface area contributed by atoms with E-state index in [9.17, 15) is 14.7 Å². The topological polar surface area (TPSA) is 74.6 Å². The van der Waals surface area contributed by atoms with E-state index in [4.69, 9.17) is 0 Å². The standard InChI is InChI=1S/C31H29N3O3/c35-20-25-27-19-33-26(12-7-13-28(33)36)30(34(27)18-21-8-3-1-4-9-21)29(25)31(37)32-24-16-14-23(15-17-24)22-10-5-2-6-11-22/h1-17,25,27,29-30,35H,18-20H2,(H,32,37)/t25-,27-,29+,30+/m1/s1. The third kappa shape index (κ3) is 4.28. The third-order valence-corrected chi connectivity index (χ3v) is 7.82. The highest BCUT2D eigenvalue weighted by molar-refractivity contribution is 5.94. The minimum absolute atomic E-state index is 0.0684. The minimum atomic E-state index is -0.497. The number of carbonyl (C=O) groups is 1. The van der Waals surface area contributed by atoms with Gasteiger partial charge in [-0.3, -0.25) is 14.5 Å². The highest BCUT2D eigenvalue weighted by atomic mass is 16.3. The molecule has 3 aromatic carbocycles. The molecule has 3 heterocycles. The molecular formula is C31H29N3O3. The van der Waals surface area contributed by atoms with Crippen LogP contribution in [-0.2, 0) is 17.9 Å². The van der Waals surface area contributed by atoms with Crippen molar-refractivity contribution in [2.45, 2.75) is 25.2 Å². The molecule has 2 N–H and O–H groups in total. The van der Waals surface area contributed by atoms with Crippen LogP contribution in [-0.4, -0.2) is 33.1 Å². The monoisotopic (exact) mass is 491 g/mol. The van der Waals surface area contributed by atoms with Gasteiger partial charge in [-0.15, -0.1) is 0 Å². The summed E-state index contributed by atoms with van der Waals surface area (Å²) < 4.78 is 1.78. The molecule has 0 radical (unpaired) electrons. The Morgan fingerprint density at radius 1 is 0.838 bits per heavy atom. The summed E-state index contributed by atoms with van der Waals surface area (Å²) in [5.41, 5.74) is 4.80. The molecule has 0 spiro atoms. The molecular weight excluding hydrogens is 462 g/mol. The lowest BCUT2D eigenvalue weighted by Gasteiger charge is -2.38. The zero-order valence-electron chi connectivity index (χ0n) is 20.4. The first-order valence-electron chi connectivity index (χ1n) is 12.7. The molecule has 0 saturated carbocycles. The van der Waals surface area contributed by atoms with Crippen LogP contribution in [0.3, 0.4) is 0 Å². The lowest BCUT2D eigenvalue weighted by atomic mass is 9.86. The van der Waals surface area contributed by atoms with Crippen LogP contribution in [0.5, 0.6) is 0 Å². The molecule has 2 bridgehead atoms. The van der Waals surface area contributed by atoms with Crippen molar-refractivity contribution in [2.75, 3.05) is 11.9 Å². The summed E-state index contributed by atoms with van der Waals surface area (Å²) in [4.78, 5) is 28.9. The third-order valence-electron chi connectivity index (χ3n) is 7.82. The van der Waals surface area contributed by atoms with E-state index in [0.29, 0.717) is 18.8 Å². The second-order valence-corrected chi connectivity index (χ2v) is 9.87. The summed E-state index contributed by atoms with van der Waals surface area (Å²) in [5, 5.41) is 13.6. The van der Waals surface area contributed by atoms with Gasteiger partial charge >= 0.3 is 0 Å². The number of anilines is 1. The van der Waals surface area contributed by atoms with E-state index in [1.54, 1.807) is 16.7 Å². The largest absolute Gasteiger partial charge is 0.396 e. The number of nitrogens with zero attached hydrogens (tertiary/aromatic N) is 2. The van der Waals surface area contributed by atoms with E-state index in [1.165, 1.54) is 0 Å². The van der Waals surface area contributed by atoms with Crippen LogP contribution in [0.4, 0.5) is 5.69 Å². The highest BCUT2D eigenvalue weighted by Gasteiger charge is 2.55. The molecule has 6 rings (SSSR count). The summed E-state index contributed by atoms with van der Waals surface area (Å²) in [6.45, 7) is 0.977. The van der Waals surface area contributed by atoms with Crippen molar-refractivity contribution in [2.24, 2.45) is 11.8 Å². The predicted molar refractivity (Wildman–Crippen MR) is 144 cm³/mol. The Hall–Kier alpha value is -4.00. The Kier molecular flexibility index (Phi) is 6.20. The average Bonchev–Trinajstić information content (AvgIpc) is 3.14. The maximum atomic E-state index is 13.8. The van der Waals surface area contributed by atoms with Crippen molar-refractivity contribution >= 4 is 11.6 Å². The molecule has 1 aromatic heterocycles. The van der Waals surface area contributed by atoms with Crippen molar-refractivity contribution in [1.82, 2.24) is 9.47 Å². The molecule has 37 heavy (non-hydrogen) atoms. The van der Waals surface area contributed by atoms with Crippen LogP contribution in [0.1, 0.15) is 17.3 Å². The highest BCUT2D eigenvalue weighted by Crippen LogP contribution is 2.49. The minimum Gasteiger partial charge on any atom is -0.396 e. The molecule has 1 amide bonds. The van der Waals surface area contributed by atoms with Crippen molar-refractivity contribution in [1.29, 1.82) is 0 Å². The number of amides is 1. The number of carbonyl (C=O) groups excluding carboxylic acids is 1. The van der Waals surface area contributed by atoms with Gasteiger partial charge in [-0.2, -0.15) is 0 Å². The van der Waals surface area contributed by atoms with Crippen molar-refractivity contribution < 1.29 is 9.90 Å². The van der Waals surface area contributed by atoms with Gasteiger partial charge in [0.1, 0.15) is 0 Å². The zero-order chi connectivity index (χ0) is 25.4.